The van der Waals surface area contributed by atoms with Crippen LogP contribution in [0.4, 0.5) is 5.69 Å². The molecule has 1 atom stereocenters. The number of fused-ring (bicyclic) bond motifs is 1. The summed E-state index contributed by atoms with van der Waals surface area (Å²) in [5.41, 5.74) is 1.92. The lowest BCUT2D eigenvalue weighted by molar-refractivity contribution is -0.384. The van der Waals surface area contributed by atoms with Crippen molar-refractivity contribution < 1.29 is 22.8 Å². The van der Waals surface area contributed by atoms with Gasteiger partial charge in [0.1, 0.15) is 0 Å². The first-order valence-corrected chi connectivity index (χ1v) is 12.8. The Kier molecular flexibility index (Phi) is 6.26. The molecule has 0 saturated carbocycles. The van der Waals surface area contributed by atoms with Crippen LogP contribution in [0.3, 0.4) is 0 Å². The van der Waals surface area contributed by atoms with Crippen LogP contribution in [-0.4, -0.2) is 37.7 Å². The standard InChI is InChI=1S/C27H23N3O6S/c1-35-26-15-10-19(16-27(26)36-2)25-17-24(23-9-5-7-18-6-3-4-8-22(18)23)28-29(25)37(33,34)21-13-11-20(12-14-21)30(31)32/h3-16,25H,17H2,1-2H3. The van der Waals surface area contributed by atoms with E-state index in [0.717, 1.165) is 20.8 Å². The van der Waals surface area contributed by atoms with E-state index < -0.39 is 21.0 Å². The molecule has 0 aliphatic carbocycles. The van der Waals surface area contributed by atoms with Crippen molar-refractivity contribution in [1.82, 2.24) is 4.41 Å². The number of sulfonamides is 1. The fraction of sp³-hybridized carbons (Fsp3) is 0.148. The molecule has 4 aromatic carbocycles. The van der Waals surface area contributed by atoms with Crippen molar-refractivity contribution in [3.63, 3.8) is 0 Å². The van der Waals surface area contributed by atoms with E-state index in [4.69, 9.17) is 9.47 Å². The maximum atomic E-state index is 13.8. The van der Waals surface area contributed by atoms with Gasteiger partial charge >= 0.3 is 0 Å². The van der Waals surface area contributed by atoms with Gasteiger partial charge in [0.05, 0.1) is 35.8 Å². The Morgan fingerprint density at radius 2 is 1.62 bits per heavy atom. The zero-order valence-electron chi connectivity index (χ0n) is 20.1. The predicted molar refractivity (Wildman–Crippen MR) is 140 cm³/mol. The molecule has 37 heavy (non-hydrogen) atoms. The van der Waals surface area contributed by atoms with Gasteiger partial charge in [-0.3, -0.25) is 10.1 Å². The summed E-state index contributed by atoms with van der Waals surface area (Å²) < 4.78 is 39.5. The Morgan fingerprint density at radius 1 is 0.919 bits per heavy atom. The van der Waals surface area contributed by atoms with E-state index in [2.05, 4.69) is 5.10 Å². The fourth-order valence-electron chi connectivity index (χ4n) is 4.51. The number of hydrazone groups is 1. The molecule has 0 N–H and O–H groups in total. The molecule has 0 fully saturated rings. The monoisotopic (exact) mass is 517 g/mol. The lowest BCUT2D eigenvalue weighted by Gasteiger charge is -2.24. The highest BCUT2D eigenvalue weighted by molar-refractivity contribution is 7.89. The first-order chi connectivity index (χ1) is 17.8. The molecule has 0 saturated heterocycles. The van der Waals surface area contributed by atoms with Crippen LogP contribution in [-0.2, 0) is 10.0 Å². The number of nitro groups is 1. The van der Waals surface area contributed by atoms with Crippen LogP contribution in [0.25, 0.3) is 10.8 Å². The number of hydrogen-bond acceptors (Lipinski definition) is 7. The summed E-state index contributed by atoms with van der Waals surface area (Å²) in [7, 11) is -1.12. The van der Waals surface area contributed by atoms with Crippen LogP contribution < -0.4 is 9.47 Å². The summed E-state index contributed by atoms with van der Waals surface area (Å²) >= 11 is 0. The third-order valence-corrected chi connectivity index (χ3v) is 8.05. The first kappa shape index (κ1) is 24.3. The summed E-state index contributed by atoms with van der Waals surface area (Å²) in [4.78, 5) is 10.4. The van der Waals surface area contributed by atoms with Crippen LogP contribution in [0.15, 0.2) is 94.9 Å². The van der Waals surface area contributed by atoms with Gasteiger partial charge in [-0.15, -0.1) is 0 Å². The van der Waals surface area contributed by atoms with Crippen molar-refractivity contribution in [1.29, 1.82) is 0 Å². The smallest absolute Gasteiger partial charge is 0.279 e. The number of methoxy groups -OCH3 is 2. The van der Waals surface area contributed by atoms with Gasteiger partial charge < -0.3 is 9.47 Å². The second-order valence-electron chi connectivity index (χ2n) is 8.44. The van der Waals surface area contributed by atoms with E-state index in [0.29, 0.717) is 29.2 Å². The molecule has 1 unspecified atom stereocenters. The van der Waals surface area contributed by atoms with Crippen LogP contribution >= 0.6 is 0 Å². The minimum atomic E-state index is -4.16. The van der Waals surface area contributed by atoms with Gasteiger partial charge in [0.2, 0.25) is 0 Å². The van der Waals surface area contributed by atoms with Crippen molar-refractivity contribution in [3.8, 4) is 11.5 Å². The summed E-state index contributed by atoms with van der Waals surface area (Å²) in [6, 6.07) is 23.0. The molecule has 1 aliphatic rings. The second-order valence-corrected chi connectivity index (χ2v) is 10.2. The third kappa shape index (κ3) is 4.36. The number of rotatable bonds is 7. The van der Waals surface area contributed by atoms with Gasteiger partial charge in [0.25, 0.3) is 15.7 Å². The van der Waals surface area contributed by atoms with E-state index >= 15 is 0 Å². The Hall–Kier alpha value is -4.44. The molecule has 4 aromatic rings. The average molecular weight is 518 g/mol. The van der Waals surface area contributed by atoms with Crippen molar-refractivity contribution >= 4 is 32.2 Å². The predicted octanol–water partition coefficient (Wildman–Crippen LogP) is 5.31. The summed E-state index contributed by atoms with van der Waals surface area (Å²) in [5.74, 6) is 0.982. The molecule has 9 nitrogen and oxygen atoms in total. The van der Waals surface area contributed by atoms with Crippen LogP contribution in [0.2, 0.25) is 0 Å². The molecule has 0 aromatic heterocycles. The van der Waals surface area contributed by atoms with Crippen LogP contribution in [0.1, 0.15) is 23.6 Å². The summed E-state index contributed by atoms with van der Waals surface area (Å²) in [6.07, 6.45) is 0.315. The SMILES string of the molecule is COc1ccc(C2CC(c3cccc4ccccc34)=NN2S(=O)(=O)c2ccc([N+](=O)[O-])cc2)cc1OC. The minimum Gasteiger partial charge on any atom is -0.493 e. The number of nitro benzene ring substituents is 1. The number of hydrogen-bond donors (Lipinski definition) is 0. The molecular formula is C27H23N3O6S. The van der Waals surface area contributed by atoms with Crippen LogP contribution in [0.5, 0.6) is 11.5 Å². The number of non-ortho nitro benzene ring substituents is 1. The lowest BCUT2D eigenvalue weighted by Crippen LogP contribution is -2.27. The number of nitrogens with zero attached hydrogens (tertiary/aromatic N) is 3. The molecule has 0 spiro atoms. The van der Waals surface area contributed by atoms with Crippen molar-refractivity contribution in [2.75, 3.05) is 14.2 Å². The highest BCUT2D eigenvalue weighted by atomic mass is 32.2. The van der Waals surface area contributed by atoms with E-state index in [1.165, 1.54) is 38.5 Å². The average Bonchev–Trinajstić information content (AvgIpc) is 3.38. The first-order valence-electron chi connectivity index (χ1n) is 11.4. The Labute approximate surface area is 213 Å². The van der Waals surface area contributed by atoms with E-state index in [9.17, 15) is 18.5 Å². The highest BCUT2D eigenvalue weighted by Gasteiger charge is 2.38. The van der Waals surface area contributed by atoms with Gasteiger partial charge in [0, 0.05) is 24.1 Å². The normalized spacial score (nSPS) is 15.5. The largest absolute Gasteiger partial charge is 0.493 e. The number of benzene rings is 4. The van der Waals surface area contributed by atoms with Gasteiger partial charge in [-0.05, 0) is 40.6 Å². The Morgan fingerprint density at radius 3 is 2.32 bits per heavy atom. The molecule has 0 radical (unpaired) electrons. The molecule has 1 aliphatic heterocycles. The molecule has 0 amide bonds. The zero-order valence-corrected chi connectivity index (χ0v) is 20.9. The van der Waals surface area contributed by atoms with Gasteiger partial charge in [-0.25, -0.2) is 0 Å². The maximum absolute atomic E-state index is 13.8. The quantitative estimate of drug-likeness (QED) is 0.243. The lowest BCUT2D eigenvalue weighted by atomic mass is 9.95. The molecular weight excluding hydrogens is 494 g/mol. The van der Waals surface area contributed by atoms with E-state index in [1.807, 2.05) is 42.5 Å². The highest BCUT2D eigenvalue weighted by Crippen LogP contribution is 2.41. The molecule has 10 heteroatoms. The molecule has 0 bridgehead atoms. The van der Waals surface area contributed by atoms with Crippen LogP contribution in [0, 0.1) is 10.1 Å². The Balaban J connectivity index is 1.64. The van der Waals surface area contributed by atoms with E-state index in [1.54, 1.807) is 18.2 Å². The maximum Gasteiger partial charge on any atom is 0.279 e. The third-order valence-electron chi connectivity index (χ3n) is 6.36. The van der Waals surface area contributed by atoms with Crippen molar-refractivity contribution in [2.45, 2.75) is 17.4 Å². The topological polar surface area (TPSA) is 111 Å². The minimum absolute atomic E-state index is 0.0912. The summed E-state index contributed by atoms with van der Waals surface area (Å²) in [6.45, 7) is 0. The Bertz CT molecular complexity index is 1630. The summed E-state index contributed by atoms with van der Waals surface area (Å²) in [5, 5.41) is 17.7. The van der Waals surface area contributed by atoms with Gasteiger partial charge in [-0.2, -0.15) is 17.9 Å². The second kappa shape index (κ2) is 9.55. The van der Waals surface area contributed by atoms with Crippen molar-refractivity contribution in [2.24, 2.45) is 5.10 Å². The molecule has 5 rings (SSSR count). The number of ether oxygens (including phenoxy) is 2. The molecule has 1 heterocycles. The van der Waals surface area contributed by atoms with Gasteiger partial charge in [-0.1, -0.05) is 48.5 Å². The van der Waals surface area contributed by atoms with E-state index in [-0.39, 0.29) is 10.6 Å². The molecule has 188 valence electrons. The fourth-order valence-corrected chi connectivity index (χ4v) is 5.94. The van der Waals surface area contributed by atoms with Crippen molar-refractivity contribution in [3.05, 3.63) is 106 Å². The van der Waals surface area contributed by atoms with Gasteiger partial charge in [0.15, 0.2) is 11.5 Å². The zero-order chi connectivity index (χ0) is 26.2.